The van der Waals surface area contributed by atoms with Crippen molar-refractivity contribution in [2.45, 2.75) is 51.6 Å². The summed E-state index contributed by atoms with van der Waals surface area (Å²) in [5, 5.41) is 0. The van der Waals surface area contributed by atoms with Gasteiger partial charge >= 0.3 is 5.97 Å². The highest BCUT2D eigenvalue weighted by Crippen LogP contribution is 2.48. The molecule has 0 N–H and O–H groups in total. The summed E-state index contributed by atoms with van der Waals surface area (Å²) in [7, 11) is -0.0745. The fourth-order valence-corrected chi connectivity index (χ4v) is 6.23. The Balaban J connectivity index is 1.70. The van der Waals surface area contributed by atoms with Crippen LogP contribution in [0.5, 0.6) is 0 Å². The number of hydrogen-bond donors (Lipinski definition) is 0. The molecular formula is C24H30N2O5Si. The average molecular weight is 455 g/mol. The van der Waals surface area contributed by atoms with E-state index in [1.165, 1.54) is 6.08 Å². The maximum absolute atomic E-state index is 13.2. The molecule has 1 fully saturated rings. The Hall–Kier alpha value is -2.71. The number of fused-ring (bicyclic) bond motifs is 2. The molecule has 0 radical (unpaired) electrons. The molecule has 1 saturated heterocycles. The van der Waals surface area contributed by atoms with E-state index < -0.39 is 14.3 Å². The smallest absolute Gasteiger partial charge is 0.355 e. The second-order valence-corrected chi connectivity index (χ2v) is 14.1. The van der Waals surface area contributed by atoms with Crippen LogP contribution in [0.1, 0.15) is 24.5 Å². The van der Waals surface area contributed by atoms with Crippen molar-refractivity contribution in [1.29, 1.82) is 0 Å². The van der Waals surface area contributed by atoms with E-state index in [4.69, 9.17) is 9.16 Å². The van der Waals surface area contributed by atoms with Crippen molar-refractivity contribution in [2.24, 2.45) is 5.92 Å². The number of hydrogen-bond acceptors (Lipinski definition) is 5. The van der Waals surface area contributed by atoms with Crippen LogP contribution in [0.4, 0.5) is 5.69 Å². The van der Waals surface area contributed by atoms with Gasteiger partial charge in [0.1, 0.15) is 12.3 Å². The Kier molecular flexibility index (Phi) is 5.62. The van der Waals surface area contributed by atoms with E-state index in [1.807, 2.05) is 25.1 Å². The topological polar surface area (TPSA) is 76.1 Å². The Morgan fingerprint density at radius 1 is 1.31 bits per heavy atom. The van der Waals surface area contributed by atoms with E-state index >= 15 is 0 Å². The third kappa shape index (κ3) is 3.71. The zero-order valence-electron chi connectivity index (χ0n) is 19.3. The van der Waals surface area contributed by atoms with Crippen molar-refractivity contribution in [3.8, 4) is 0 Å². The van der Waals surface area contributed by atoms with E-state index in [-0.39, 0.29) is 36.5 Å². The summed E-state index contributed by atoms with van der Waals surface area (Å²) < 4.78 is 11.5. The highest BCUT2D eigenvalue weighted by atomic mass is 28.4. The van der Waals surface area contributed by atoms with E-state index in [9.17, 15) is 14.4 Å². The molecule has 1 aromatic rings. The lowest BCUT2D eigenvalue weighted by Gasteiger charge is -2.47. The molecule has 32 heavy (non-hydrogen) atoms. The Bertz CT molecular complexity index is 1040. The van der Waals surface area contributed by atoms with Crippen molar-refractivity contribution < 1.29 is 23.5 Å². The van der Waals surface area contributed by atoms with Crippen LogP contribution >= 0.6 is 0 Å². The predicted octanol–water partition coefficient (Wildman–Crippen LogP) is 3.12. The van der Waals surface area contributed by atoms with Gasteiger partial charge in [0.05, 0.1) is 24.5 Å². The van der Waals surface area contributed by atoms with Crippen LogP contribution in [0, 0.1) is 5.92 Å². The van der Waals surface area contributed by atoms with E-state index in [0.29, 0.717) is 18.5 Å². The van der Waals surface area contributed by atoms with E-state index in [2.05, 4.69) is 26.2 Å². The van der Waals surface area contributed by atoms with Crippen molar-refractivity contribution in [2.75, 3.05) is 18.6 Å². The van der Waals surface area contributed by atoms with Crippen LogP contribution in [0.3, 0.4) is 0 Å². The minimum absolute atomic E-state index is 0.0412. The van der Waals surface area contributed by atoms with Gasteiger partial charge in [-0.25, -0.2) is 4.79 Å². The van der Waals surface area contributed by atoms with Gasteiger partial charge in [0.25, 0.3) is 0 Å². The molecule has 3 heterocycles. The number of rotatable bonds is 7. The lowest BCUT2D eigenvalue weighted by Crippen LogP contribution is -2.63. The monoisotopic (exact) mass is 454 g/mol. The number of ether oxygens (including phenoxy) is 1. The largest absolute Gasteiger partial charge is 0.457 e. The summed E-state index contributed by atoms with van der Waals surface area (Å²) in [6, 6.07) is 5.65. The third-order valence-corrected chi connectivity index (χ3v) is 7.37. The molecule has 0 aliphatic carbocycles. The molecule has 170 valence electrons. The molecule has 8 heteroatoms. The van der Waals surface area contributed by atoms with Crippen molar-refractivity contribution in [3.63, 3.8) is 0 Å². The van der Waals surface area contributed by atoms with Crippen LogP contribution in [-0.4, -0.2) is 56.8 Å². The van der Waals surface area contributed by atoms with Crippen LogP contribution in [0.15, 0.2) is 36.6 Å². The fourth-order valence-electron chi connectivity index (χ4n) is 4.97. The summed E-state index contributed by atoms with van der Waals surface area (Å²) in [6.07, 6.45) is 2.21. The molecule has 3 aliphatic rings. The van der Waals surface area contributed by atoms with Gasteiger partial charge in [-0.15, -0.1) is 0 Å². The van der Waals surface area contributed by atoms with Gasteiger partial charge in [0, 0.05) is 12.7 Å². The summed E-state index contributed by atoms with van der Waals surface area (Å²) in [5.74, 6) is -0.882. The Morgan fingerprint density at radius 2 is 2.03 bits per heavy atom. The fraction of sp³-hybridized carbons (Fsp3) is 0.458. The number of anilines is 1. The maximum Gasteiger partial charge on any atom is 0.355 e. The zero-order valence-corrected chi connectivity index (χ0v) is 20.3. The van der Waals surface area contributed by atoms with Gasteiger partial charge in [-0.1, -0.05) is 24.8 Å². The summed E-state index contributed by atoms with van der Waals surface area (Å²) in [6.45, 7) is 11.9. The van der Waals surface area contributed by atoms with Gasteiger partial charge < -0.3 is 19.0 Å². The number of carbonyl (C=O) groups is 3. The van der Waals surface area contributed by atoms with Crippen molar-refractivity contribution >= 4 is 37.4 Å². The summed E-state index contributed by atoms with van der Waals surface area (Å²) >= 11 is 0. The molecule has 0 spiro atoms. The van der Waals surface area contributed by atoms with Gasteiger partial charge in [-0.3, -0.25) is 9.59 Å². The second-order valence-electron chi connectivity index (χ2n) is 9.63. The molecule has 3 aliphatic heterocycles. The van der Waals surface area contributed by atoms with Crippen LogP contribution in [0.25, 0.3) is 5.57 Å². The number of β-lactam (4-membered cyclic amide) rings is 1. The zero-order chi connectivity index (χ0) is 23.4. The first-order valence-corrected chi connectivity index (χ1v) is 14.4. The number of likely N-dealkylation sites (N-methyl/N-ethyl adjacent to an activating group) is 1. The quantitative estimate of drug-likeness (QED) is 0.274. The van der Waals surface area contributed by atoms with Gasteiger partial charge in [0.15, 0.2) is 8.32 Å². The standard InChI is InChI=1S/C24H30N2O5Si/c1-7-10-30-24(29)22-17(15-8-9-16-12-20(27)25(3)18(16)11-15)13-19-21(23(28)26(19)22)14(2)31-32(4,5)6/h7-9,11,14,19,21H,1,10,12-13H2,2-6H3/t14-,19-,21-/m1/s1. The molecule has 0 aromatic heterocycles. The number of carbonyl (C=O) groups excluding carboxylic acids is 3. The van der Waals surface area contributed by atoms with Crippen LogP contribution < -0.4 is 4.90 Å². The molecule has 3 atom stereocenters. The minimum Gasteiger partial charge on any atom is -0.457 e. The third-order valence-electron chi connectivity index (χ3n) is 6.29. The number of nitrogens with zero attached hydrogens (tertiary/aromatic N) is 2. The first-order chi connectivity index (χ1) is 15.0. The lowest BCUT2D eigenvalue weighted by molar-refractivity contribution is -0.161. The molecule has 0 saturated carbocycles. The highest BCUT2D eigenvalue weighted by Gasteiger charge is 2.57. The molecule has 4 rings (SSSR count). The summed E-state index contributed by atoms with van der Waals surface area (Å²) in [5.41, 5.74) is 3.70. The Labute approximate surface area is 189 Å². The predicted molar refractivity (Wildman–Crippen MR) is 124 cm³/mol. The number of benzene rings is 1. The molecule has 7 nitrogen and oxygen atoms in total. The normalized spacial score (nSPS) is 23.2. The average Bonchev–Trinajstić information content (AvgIpc) is 3.19. The molecular weight excluding hydrogens is 424 g/mol. The number of esters is 1. The molecule has 0 bridgehead atoms. The number of amides is 2. The summed E-state index contributed by atoms with van der Waals surface area (Å²) in [4.78, 5) is 41.5. The second kappa shape index (κ2) is 8.01. The minimum atomic E-state index is -1.83. The van der Waals surface area contributed by atoms with Crippen LogP contribution in [0.2, 0.25) is 19.6 Å². The van der Waals surface area contributed by atoms with E-state index in [1.54, 1.807) is 16.8 Å². The first kappa shape index (κ1) is 22.5. The lowest BCUT2D eigenvalue weighted by atomic mass is 9.82. The first-order valence-electron chi connectivity index (χ1n) is 11.0. The van der Waals surface area contributed by atoms with Gasteiger partial charge in [-0.2, -0.15) is 0 Å². The molecule has 1 aromatic carbocycles. The highest BCUT2D eigenvalue weighted by molar-refractivity contribution is 6.69. The van der Waals surface area contributed by atoms with E-state index in [0.717, 1.165) is 22.4 Å². The van der Waals surface area contributed by atoms with Gasteiger partial charge in [-0.05, 0) is 55.8 Å². The Morgan fingerprint density at radius 3 is 2.69 bits per heavy atom. The SMILES string of the molecule is C=CCOC(=O)C1=C(c2ccc3c(c2)N(C)C(=O)C3)C[C@@H]2[C@@H]([C@@H](C)O[Si](C)(C)C)C(=O)N12. The van der Waals surface area contributed by atoms with Crippen LogP contribution in [-0.2, 0) is 30.0 Å². The van der Waals surface area contributed by atoms with Crippen molar-refractivity contribution in [3.05, 3.63) is 47.7 Å². The molecule has 2 amide bonds. The van der Waals surface area contributed by atoms with Crippen molar-refractivity contribution in [1.82, 2.24) is 4.90 Å². The molecule has 0 unspecified atom stereocenters. The maximum atomic E-state index is 13.2. The van der Waals surface area contributed by atoms with Gasteiger partial charge in [0.2, 0.25) is 11.8 Å².